The fourth-order valence-electron chi connectivity index (χ4n) is 3.31. The van der Waals surface area contributed by atoms with E-state index in [4.69, 9.17) is 9.47 Å². The van der Waals surface area contributed by atoms with Crippen LogP contribution in [0.4, 0.5) is 0 Å². The monoisotopic (exact) mass is 378 g/mol. The van der Waals surface area contributed by atoms with Gasteiger partial charge in [-0.25, -0.2) is 0 Å². The number of rotatable bonds is 6. The van der Waals surface area contributed by atoms with Crippen LogP contribution in [0.25, 0.3) is 22.0 Å². The van der Waals surface area contributed by atoms with Crippen LogP contribution in [0, 0.1) is 0 Å². The van der Waals surface area contributed by atoms with Gasteiger partial charge in [-0.15, -0.1) is 0 Å². The third-order valence-electron chi connectivity index (χ3n) is 4.80. The maximum absolute atomic E-state index is 12.4. The van der Waals surface area contributed by atoms with Crippen molar-refractivity contribution in [2.45, 2.75) is 6.42 Å². The van der Waals surface area contributed by atoms with Crippen LogP contribution in [-0.2, 0) is 16.0 Å². The highest BCUT2D eigenvalue weighted by Gasteiger charge is 2.15. The van der Waals surface area contributed by atoms with Crippen LogP contribution in [0.2, 0.25) is 0 Å². The number of carbonyl (C=O) groups excluding carboxylic acids is 1. The van der Waals surface area contributed by atoms with E-state index in [2.05, 4.69) is 20.1 Å². The van der Waals surface area contributed by atoms with Gasteiger partial charge in [-0.05, 0) is 29.8 Å². The molecule has 0 atom stereocenters. The molecule has 0 unspecified atom stereocenters. The molecule has 7 nitrogen and oxygen atoms in total. The fourth-order valence-corrected chi connectivity index (χ4v) is 3.31. The molecule has 1 aliphatic heterocycles. The number of ether oxygens (including phenoxy) is 2. The van der Waals surface area contributed by atoms with Crippen LogP contribution in [0.3, 0.4) is 0 Å². The molecule has 1 saturated heterocycles. The molecule has 1 aromatic carbocycles. The Bertz CT molecular complexity index is 986. The summed E-state index contributed by atoms with van der Waals surface area (Å²) in [5.41, 5.74) is 3.45. The molecule has 28 heavy (non-hydrogen) atoms. The van der Waals surface area contributed by atoms with Crippen molar-refractivity contribution in [3.05, 3.63) is 48.4 Å². The van der Waals surface area contributed by atoms with Crippen LogP contribution >= 0.6 is 0 Å². The van der Waals surface area contributed by atoms with Crippen molar-refractivity contribution >= 4 is 16.7 Å². The normalized spacial score (nSPS) is 14.9. The van der Waals surface area contributed by atoms with E-state index < -0.39 is 0 Å². The quantitative estimate of drug-likeness (QED) is 0.650. The second kappa shape index (κ2) is 8.41. The molecule has 2 aromatic heterocycles. The average Bonchev–Trinajstić information content (AvgIpc) is 2.74. The summed E-state index contributed by atoms with van der Waals surface area (Å²) in [7, 11) is 1.62. The lowest BCUT2D eigenvalue weighted by atomic mass is 10.0. The van der Waals surface area contributed by atoms with Gasteiger partial charge in [-0.3, -0.25) is 14.7 Å². The Kier molecular flexibility index (Phi) is 5.55. The molecule has 0 N–H and O–H groups in total. The van der Waals surface area contributed by atoms with E-state index in [9.17, 15) is 4.79 Å². The van der Waals surface area contributed by atoms with Gasteiger partial charge in [-0.2, -0.15) is 10.2 Å². The Balaban J connectivity index is 1.53. The standard InChI is InChI=1S/C21H22N4O3/c1-27-20-10-17(12-22-13-20)15-2-3-21-16(8-15)9-18(23-24-21)11-19(26)14-25-4-6-28-7-5-25/h2-3,8-10,12-13H,4-7,11,14H2,1H3. The maximum atomic E-state index is 12.4. The number of hydrogen-bond acceptors (Lipinski definition) is 7. The summed E-state index contributed by atoms with van der Waals surface area (Å²) in [5, 5.41) is 9.45. The van der Waals surface area contributed by atoms with Gasteiger partial charge < -0.3 is 9.47 Å². The summed E-state index contributed by atoms with van der Waals surface area (Å²) in [5.74, 6) is 0.851. The second-order valence-corrected chi connectivity index (χ2v) is 6.83. The first-order chi connectivity index (χ1) is 13.7. The Morgan fingerprint density at radius 2 is 1.96 bits per heavy atom. The molecule has 3 aromatic rings. The summed E-state index contributed by atoms with van der Waals surface area (Å²) < 4.78 is 10.6. The minimum absolute atomic E-state index is 0.142. The summed E-state index contributed by atoms with van der Waals surface area (Å²) >= 11 is 0. The largest absolute Gasteiger partial charge is 0.495 e. The zero-order valence-electron chi connectivity index (χ0n) is 15.8. The van der Waals surface area contributed by atoms with Gasteiger partial charge in [0, 0.05) is 30.2 Å². The number of methoxy groups -OCH3 is 1. The maximum Gasteiger partial charge on any atom is 0.152 e. The Morgan fingerprint density at radius 1 is 1.11 bits per heavy atom. The highest BCUT2D eigenvalue weighted by Crippen LogP contribution is 2.25. The molecule has 1 fully saturated rings. The number of nitrogens with zero attached hydrogens (tertiary/aromatic N) is 4. The van der Waals surface area contributed by atoms with E-state index in [0.717, 1.165) is 35.1 Å². The van der Waals surface area contributed by atoms with Crippen molar-refractivity contribution in [1.29, 1.82) is 0 Å². The molecule has 7 heteroatoms. The molecule has 3 heterocycles. The molecule has 0 radical (unpaired) electrons. The van der Waals surface area contributed by atoms with Gasteiger partial charge in [0.25, 0.3) is 0 Å². The predicted molar refractivity (Wildman–Crippen MR) is 105 cm³/mol. The van der Waals surface area contributed by atoms with Crippen molar-refractivity contribution in [3.63, 3.8) is 0 Å². The van der Waals surface area contributed by atoms with E-state index in [-0.39, 0.29) is 12.2 Å². The molecule has 144 valence electrons. The van der Waals surface area contributed by atoms with Crippen LogP contribution < -0.4 is 4.74 Å². The van der Waals surface area contributed by atoms with E-state index >= 15 is 0 Å². The minimum atomic E-state index is 0.142. The lowest BCUT2D eigenvalue weighted by molar-refractivity contribution is -0.120. The zero-order valence-corrected chi connectivity index (χ0v) is 15.8. The number of carbonyl (C=O) groups is 1. The Labute approximate surface area is 163 Å². The van der Waals surface area contributed by atoms with Crippen molar-refractivity contribution in [1.82, 2.24) is 20.1 Å². The van der Waals surface area contributed by atoms with Crippen LogP contribution in [0.1, 0.15) is 5.69 Å². The molecule has 0 aliphatic carbocycles. The highest BCUT2D eigenvalue weighted by atomic mass is 16.5. The molecule has 1 aliphatic rings. The predicted octanol–water partition coefficient (Wildman–Crippen LogP) is 2.14. The van der Waals surface area contributed by atoms with Gasteiger partial charge in [0.05, 0.1) is 50.7 Å². The number of morpholine rings is 1. The lowest BCUT2D eigenvalue weighted by Gasteiger charge is -2.25. The van der Waals surface area contributed by atoms with Gasteiger partial charge in [0.2, 0.25) is 0 Å². The van der Waals surface area contributed by atoms with E-state index in [1.807, 2.05) is 30.3 Å². The number of Topliss-reactive ketones (excluding diaryl/α,β-unsaturated/α-hetero) is 1. The number of aromatic nitrogens is 3. The van der Waals surface area contributed by atoms with Gasteiger partial charge in [0.1, 0.15) is 5.75 Å². The van der Waals surface area contributed by atoms with Crippen LogP contribution in [-0.4, -0.2) is 65.8 Å². The molecule has 0 spiro atoms. The molecular weight excluding hydrogens is 356 g/mol. The lowest BCUT2D eigenvalue weighted by Crippen LogP contribution is -2.40. The van der Waals surface area contributed by atoms with E-state index in [0.29, 0.717) is 31.2 Å². The smallest absolute Gasteiger partial charge is 0.152 e. The van der Waals surface area contributed by atoms with Crippen LogP contribution in [0.5, 0.6) is 5.75 Å². The number of pyridine rings is 1. The van der Waals surface area contributed by atoms with Crippen molar-refractivity contribution < 1.29 is 14.3 Å². The third kappa shape index (κ3) is 4.32. The fraction of sp³-hybridized carbons (Fsp3) is 0.333. The Hall–Kier alpha value is -2.90. The van der Waals surface area contributed by atoms with Crippen LogP contribution in [0.15, 0.2) is 42.7 Å². The number of fused-ring (bicyclic) bond motifs is 1. The van der Waals surface area contributed by atoms with Crippen molar-refractivity contribution in [2.75, 3.05) is 40.0 Å². The molecular formula is C21H22N4O3. The van der Waals surface area contributed by atoms with E-state index in [1.165, 1.54) is 0 Å². The third-order valence-corrected chi connectivity index (χ3v) is 4.80. The summed E-state index contributed by atoms with van der Waals surface area (Å²) in [6, 6.07) is 9.83. The SMILES string of the molecule is COc1cncc(-c2ccc3nnc(CC(=O)CN4CCOCC4)cc3c2)c1. The molecule has 0 amide bonds. The van der Waals surface area contributed by atoms with Gasteiger partial charge in [-0.1, -0.05) is 6.07 Å². The average molecular weight is 378 g/mol. The summed E-state index contributed by atoms with van der Waals surface area (Å²) in [4.78, 5) is 18.7. The van der Waals surface area contributed by atoms with Crippen molar-refractivity contribution in [2.24, 2.45) is 0 Å². The zero-order chi connectivity index (χ0) is 19.3. The summed E-state index contributed by atoms with van der Waals surface area (Å²) in [6.45, 7) is 3.40. The highest BCUT2D eigenvalue weighted by molar-refractivity contribution is 5.86. The minimum Gasteiger partial charge on any atom is -0.495 e. The number of ketones is 1. The Morgan fingerprint density at radius 3 is 2.79 bits per heavy atom. The second-order valence-electron chi connectivity index (χ2n) is 6.83. The molecule has 4 rings (SSSR count). The first kappa shape index (κ1) is 18.5. The van der Waals surface area contributed by atoms with Gasteiger partial charge >= 0.3 is 0 Å². The summed E-state index contributed by atoms with van der Waals surface area (Å²) in [6.07, 6.45) is 3.75. The first-order valence-corrected chi connectivity index (χ1v) is 9.29. The van der Waals surface area contributed by atoms with Crippen molar-refractivity contribution in [3.8, 4) is 16.9 Å². The topological polar surface area (TPSA) is 77.4 Å². The first-order valence-electron chi connectivity index (χ1n) is 9.29. The number of hydrogen-bond donors (Lipinski definition) is 0. The molecule has 0 saturated carbocycles. The van der Waals surface area contributed by atoms with E-state index in [1.54, 1.807) is 19.5 Å². The molecule has 0 bridgehead atoms. The van der Waals surface area contributed by atoms with Gasteiger partial charge in [0.15, 0.2) is 5.78 Å². The number of benzene rings is 1.